The van der Waals surface area contributed by atoms with E-state index < -0.39 is 0 Å². The maximum Gasteiger partial charge on any atom is 0.0280 e. The van der Waals surface area contributed by atoms with Crippen molar-refractivity contribution in [2.45, 2.75) is 20.3 Å². The summed E-state index contributed by atoms with van der Waals surface area (Å²) in [6.07, 6.45) is 1.13. The number of hydrogen-bond acceptors (Lipinski definition) is 1. The van der Waals surface area contributed by atoms with Crippen molar-refractivity contribution in [1.82, 2.24) is 4.67 Å². The molecule has 0 aliphatic carbocycles. The van der Waals surface area contributed by atoms with Gasteiger partial charge in [0.25, 0.3) is 0 Å². The van der Waals surface area contributed by atoms with E-state index in [9.17, 15) is 0 Å². The number of halogens is 1. The van der Waals surface area contributed by atoms with Gasteiger partial charge in [-0.2, -0.15) is 0 Å². The van der Waals surface area contributed by atoms with Crippen molar-refractivity contribution in [3.8, 4) is 0 Å². The van der Waals surface area contributed by atoms with Gasteiger partial charge in [0.15, 0.2) is 0 Å². The molecule has 3 heteroatoms. The van der Waals surface area contributed by atoms with Crippen LogP contribution in [0.1, 0.15) is 20.3 Å². The highest BCUT2D eigenvalue weighted by Gasteiger charge is 2.25. The van der Waals surface area contributed by atoms with Crippen molar-refractivity contribution in [2.75, 3.05) is 6.54 Å². The van der Waals surface area contributed by atoms with Crippen molar-refractivity contribution in [3.63, 3.8) is 0 Å². The molecule has 1 saturated heterocycles. The van der Waals surface area contributed by atoms with Gasteiger partial charge >= 0.3 is 0 Å². The van der Waals surface area contributed by atoms with Crippen molar-refractivity contribution >= 4 is 21.0 Å². The van der Waals surface area contributed by atoms with Crippen molar-refractivity contribution < 1.29 is 0 Å². The molecule has 2 atom stereocenters. The van der Waals surface area contributed by atoms with E-state index in [1.54, 1.807) is 5.54 Å². The monoisotopic (exact) mass is 191 g/mol. The summed E-state index contributed by atoms with van der Waals surface area (Å²) in [5, 5.41) is 0. The molecular formula is C8H15ClNP. The van der Waals surface area contributed by atoms with Crippen LogP contribution in [0.3, 0.4) is 0 Å². The van der Waals surface area contributed by atoms with E-state index in [0.717, 1.165) is 24.8 Å². The highest BCUT2D eigenvalue weighted by molar-refractivity contribution is 7.13. The molecule has 1 aliphatic heterocycles. The molecule has 1 aliphatic rings. The number of hydrogen-bond donors (Lipinski definition) is 0. The first kappa shape index (κ1) is 9.35. The average Bonchev–Trinajstić information content (AvgIpc) is 2.31. The van der Waals surface area contributed by atoms with E-state index in [2.05, 4.69) is 27.9 Å². The van der Waals surface area contributed by atoms with Gasteiger partial charge < -0.3 is 4.67 Å². The predicted molar refractivity (Wildman–Crippen MR) is 53.3 cm³/mol. The summed E-state index contributed by atoms with van der Waals surface area (Å²) in [5.74, 6) is 1.53. The second-order valence-corrected chi connectivity index (χ2v) is 4.30. The Balaban J connectivity index is 2.57. The topological polar surface area (TPSA) is 3.24 Å². The SMILES string of the molecule is CC(C)C1C/C(=C/Cl)N(P)C1. The van der Waals surface area contributed by atoms with Crippen molar-refractivity contribution in [1.29, 1.82) is 0 Å². The Labute approximate surface area is 76.0 Å². The Hall–Kier alpha value is 0.260. The van der Waals surface area contributed by atoms with Crippen LogP contribution in [0, 0.1) is 11.8 Å². The lowest BCUT2D eigenvalue weighted by Gasteiger charge is -2.13. The third kappa shape index (κ3) is 2.10. The van der Waals surface area contributed by atoms with E-state index in [4.69, 9.17) is 11.6 Å². The number of allylic oxidation sites excluding steroid dienone is 1. The minimum absolute atomic E-state index is 0.757. The molecule has 0 saturated carbocycles. The molecule has 2 unspecified atom stereocenters. The zero-order valence-corrected chi connectivity index (χ0v) is 8.96. The summed E-state index contributed by atoms with van der Waals surface area (Å²) in [4.78, 5) is 0. The normalized spacial score (nSPS) is 29.0. The third-order valence-corrected chi connectivity index (χ3v) is 3.13. The Kier molecular flexibility index (Phi) is 3.21. The molecule has 64 valence electrons. The van der Waals surface area contributed by atoms with E-state index in [-0.39, 0.29) is 0 Å². The van der Waals surface area contributed by atoms with Gasteiger partial charge in [0.1, 0.15) is 0 Å². The van der Waals surface area contributed by atoms with E-state index in [0.29, 0.717) is 0 Å². The molecule has 1 nitrogen and oxygen atoms in total. The molecule has 1 fully saturated rings. The Morgan fingerprint density at radius 2 is 2.36 bits per heavy atom. The van der Waals surface area contributed by atoms with Crippen LogP contribution < -0.4 is 0 Å². The molecule has 11 heavy (non-hydrogen) atoms. The van der Waals surface area contributed by atoms with Gasteiger partial charge in [-0.15, -0.1) is 0 Å². The summed E-state index contributed by atoms with van der Waals surface area (Å²) in [6, 6.07) is 0. The molecule has 0 aromatic heterocycles. The standard InChI is InChI=1S/C8H15ClNP/c1-6(2)7-3-8(4-9)10(11)5-7/h4,6-7H,3,5,11H2,1-2H3/b8-4-. The van der Waals surface area contributed by atoms with Gasteiger partial charge in [-0.25, -0.2) is 0 Å². The fourth-order valence-corrected chi connectivity index (χ4v) is 2.13. The molecule has 0 spiro atoms. The van der Waals surface area contributed by atoms with Crippen LogP contribution in [0.25, 0.3) is 0 Å². The first-order valence-corrected chi connectivity index (χ1v) is 4.92. The van der Waals surface area contributed by atoms with E-state index in [1.165, 1.54) is 5.70 Å². The quantitative estimate of drug-likeness (QED) is 0.576. The number of nitrogens with zero attached hydrogens (tertiary/aromatic N) is 1. The maximum atomic E-state index is 5.66. The minimum Gasteiger partial charge on any atom is -0.358 e. The Morgan fingerprint density at radius 1 is 1.73 bits per heavy atom. The maximum absolute atomic E-state index is 5.66. The molecule has 0 N–H and O–H groups in total. The van der Waals surface area contributed by atoms with Crippen LogP contribution in [0.5, 0.6) is 0 Å². The van der Waals surface area contributed by atoms with Crippen LogP contribution in [-0.4, -0.2) is 11.2 Å². The van der Waals surface area contributed by atoms with Crippen molar-refractivity contribution in [2.24, 2.45) is 11.8 Å². The summed E-state index contributed by atoms with van der Waals surface area (Å²) in [6.45, 7) is 5.65. The number of rotatable bonds is 1. The second kappa shape index (κ2) is 3.78. The highest BCUT2D eigenvalue weighted by Crippen LogP contribution is 2.33. The molecular weight excluding hydrogens is 177 g/mol. The van der Waals surface area contributed by atoms with Crippen LogP contribution in [-0.2, 0) is 0 Å². The van der Waals surface area contributed by atoms with Gasteiger partial charge in [0.2, 0.25) is 0 Å². The van der Waals surface area contributed by atoms with Gasteiger partial charge in [-0.1, -0.05) is 25.4 Å². The average molecular weight is 192 g/mol. The molecule has 1 rings (SSSR count). The Morgan fingerprint density at radius 3 is 2.64 bits per heavy atom. The highest BCUT2D eigenvalue weighted by atomic mass is 35.5. The van der Waals surface area contributed by atoms with Crippen molar-refractivity contribution in [3.05, 3.63) is 11.2 Å². The van der Waals surface area contributed by atoms with Crippen LogP contribution in [0.15, 0.2) is 11.2 Å². The molecule has 1 heterocycles. The minimum atomic E-state index is 0.757. The second-order valence-electron chi connectivity index (χ2n) is 3.46. The molecule has 0 amide bonds. The largest absolute Gasteiger partial charge is 0.358 e. The van der Waals surface area contributed by atoms with Crippen LogP contribution >= 0.6 is 21.0 Å². The summed E-state index contributed by atoms with van der Waals surface area (Å²) < 4.78 is 2.16. The first-order chi connectivity index (χ1) is 5.15. The fourth-order valence-electron chi connectivity index (χ4n) is 1.37. The van der Waals surface area contributed by atoms with Crippen LogP contribution in [0.4, 0.5) is 0 Å². The smallest absolute Gasteiger partial charge is 0.0280 e. The van der Waals surface area contributed by atoms with E-state index >= 15 is 0 Å². The van der Waals surface area contributed by atoms with Crippen LogP contribution in [0.2, 0.25) is 0 Å². The van der Waals surface area contributed by atoms with Gasteiger partial charge in [0, 0.05) is 17.8 Å². The molecule has 0 radical (unpaired) electrons. The molecule has 0 bridgehead atoms. The lowest BCUT2D eigenvalue weighted by atomic mass is 9.95. The lowest BCUT2D eigenvalue weighted by Crippen LogP contribution is -2.11. The van der Waals surface area contributed by atoms with Gasteiger partial charge in [-0.05, 0) is 27.6 Å². The van der Waals surface area contributed by atoms with Gasteiger partial charge in [0.05, 0.1) is 0 Å². The molecule has 0 aromatic rings. The first-order valence-electron chi connectivity index (χ1n) is 3.96. The fraction of sp³-hybridized carbons (Fsp3) is 0.750. The van der Waals surface area contributed by atoms with Gasteiger partial charge in [-0.3, -0.25) is 0 Å². The predicted octanol–water partition coefficient (Wildman–Crippen LogP) is 2.83. The summed E-state index contributed by atoms with van der Waals surface area (Å²) in [7, 11) is 2.71. The third-order valence-electron chi connectivity index (χ3n) is 2.34. The lowest BCUT2D eigenvalue weighted by molar-refractivity contribution is 0.400. The molecule has 0 aromatic carbocycles. The zero-order chi connectivity index (χ0) is 8.43. The zero-order valence-electron chi connectivity index (χ0n) is 7.05. The summed E-state index contributed by atoms with van der Waals surface area (Å²) in [5.41, 5.74) is 2.94. The Bertz CT molecular complexity index is 167. The summed E-state index contributed by atoms with van der Waals surface area (Å²) >= 11 is 5.66. The van der Waals surface area contributed by atoms with E-state index in [1.807, 2.05) is 0 Å².